The van der Waals surface area contributed by atoms with Crippen molar-refractivity contribution in [3.63, 3.8) is 0 Å². The van der Waals surface area contributed by atoms with Gasteiger partial charge in [0.2, 0.25) is 0 Å². The summed E-state index contributed by atoms with van der Waals surface area (Å²) in [4.78, 5) is 25.2. The fourth-order valence-electron chi connectivity index (χ4n) is 3.28. The fraction of sp³-hybridized carbons (Fsp3) is 0.120. The van der Waals surface area contributed by atoms with Crippen LogP contribution in [0, 0.1) is 0 Å². The molecule has 0 radical (unpaired) electrons. The van der Waals surface area contributed by atoms with E-state index in [1.807, 2.05) is 0 Å². The number of carbonyl (C=O) groups is 1. The molecule has 1 aromatic heterocycles. The van der Waals surface area contributed by atoms with Gasteiger partial charge in [0.25, 0.3) is 0 Å². The summed E-state index contributed by atoms with van der Waals surface area (Å²) < 4.78 is 26.7. The van der Waals surface area contributed by atoms with E-state index in [1.54, 1.807) is 67.8 Å². The van der Waals surface area contributed by atoms with Crippen LogP contribution in [-0.4, -0.2) is 27.3 Å². The Kier molecular flexibility index (Phi) is 5.81. The Labute approximate surface area is 183 Å². The van der Waals surface area contributed by atoms with Gasteiger partial charge in [-0.05, 0) is 54.6 Å². The smallest absolute Gasteiger partial charge is 0.344 e. The number of methoxy groups -OCH3 is 3. The Balaban J connectivity index is 1.68. The minimum Gasteiger partial charge on any atom is -0.497 e. The van der Waals surface area contributed by atoms with Gasteiger partial charge in [0.15, 0.2) is 0 Å². The Morgan fingerprint density at radius 1 is 0.750 bits per heavy atom. The molecule has 0 unspecified atom stereocenters. The van der Waals surface area contributed by atoms with E-state index in [0.29, 0.717) is 39.3 Å². The highest BCUT2D eigenvalue weighted by molar-refractivity contribution is 5.92. The molecule has 3 aromatic carbocycles. The molecule has 4 aromatic rings. The summed E-state index contributed by atoms with van der Waals surface area (Å²) in [7, 11) is 4.59. The van der Waals surface area contributed by atoms with Crippen molar-refractivity contribution in [1.29, 1.82) is 0 Å². The third-order valence-electron chi connectivity index (χ3n) is 4.92. The largest absolute Gasteiger partial charge is 0.497 e. The van der Waals surface area contributed by atoms with Gasteiger partial charge in [-0.15, -0.1) is 0 Å². The van der Waals surface area contributed by atoms with Crippen molar-refractivity contribution in [2.75, 3.05) is 21.3 Å². The standard InChI is InChI=1S/C25H20O7/c1-28-17-6-4-5-16(11-17)24(26)31-19-8-7-15-12-21(25(27)32-23(15)14-19)20-13-18(29-2)9-10-22(20)30-3/h4-14H,1-3H3. The van der Waals surface area contributed by atoms with Gasteiger partial charge in [-0.2, -0.15) is 0 Å². The molecular weight excluding hydrogens is 412 g/mol. The highest BCUT2D eigenvalue weighted by Gasteiger charge is 2.15. The molecule has 0 saturated carbocycles. The number of hydrogen-bond acceptors (Lipinski definition) is 7. The highest BCUT2D eigenvalue weighted by Crippen LogP contribution is 2.33. The van der Waals surface area contributed by atoms with E-state index in [4.69, 9.17) is 23.4 Å². The normalized spacial score (nSPS) is 10.6. The first-order chi connectivity index (χ1) is 15.5. The van der Waals surface area contributed by atoms with Crippen molar-refractivity contribution in [2.24, 2.45) is 0 Å². The summed E-state index contributed by atoms with van der Waals surface area (Å²) in [6, 6.07) is 18.4. The van der Waals surface area contributed by atoms with Crippen LogP contribution in [0.15, 0.2) is 75.9 Å². The van der Waals surface area contributed by atoms with Crippen molar-refractivity contribution in [3.8, 4) is 34.1 Å². The summed E-state index contributed by atoms with van der Waals surface area (Å²) in [5.41, 5.74) is 0.952. The lowest BCUT2D eigenvalue weighted by Crippen LogP contribution is -2.09. The van der Waals surface area contributed by atoms with Crippen LogP contribution in [-0.2, 0) is 0 Å². The van der Waals surface area contributed by atoms with Crippen molar-refractivity contribution in [1.82, 2.24) is 0 Å². The predicted octanol–water partition coefficient (Wildman–Crippen LogP) is 4.71. The molecule has 162 valence electrons. The second kappa shape index (κ2) is 8.85. The van der Waals surface area contributed by atoms with Crippen LogP contribution in [0.2, 0.25) is 0 Å². The first kappa shape index (κ1) is 21.0. The predicted molar refractivity (Wildman–Crippen MR) is 119 cm³/mol. The van der Waals surface area contributed by atoms with Gasteiger partial charge in [0, 0.05) is 17.0 Å². The van der Waals surface area contributed by atoms with Crippen LogP contribution in [0.5, 0.6) is 23.0 Å². The zero-order valence-corrected chi connectivity index (χ0v) is 17.7. The topological polar surface area (TPSA) is 84.2 Å². The fourth-order valence-corrected chi connectivity index (χ4v) is 3.28. The summed E-state index contributed by atoms with van der Waals surface area (Å²) in [5, 5.41) is 0.658. The van der Waals surface area contributed by atoms with Crippen molar-refractivity contribution in [3.05, 3.63) is 82.7 Å². The van der Waals surface area contributed by atoms with Gasteiger partial charge in [-0.25, -0.2) is 9.59 Å². The van der Waals surface area contributed by atoms with E-state index >= 15 is 0 Å². The number of fused-ring (bicyclic) bond motifs is 1. The van der Waals surface area contributed by atoms with Crippen LogP contribution >= 0.6 is 0 Å². The summed E-state index contributed by atoms with van der Waals surface area (Å²) in [5.74, 6) is 1.34. The van der Waals surface area contributed by atoms with Crippen molar-refractivity contribution < 1.29 is 28.2 Å². The molecule has 4 rings (SSSR count). The number of hydrogen-bond donors (Lipinski definition) is 0. The van der Waals surface area contributed by atoms with E-state index in [1.165, 1.54) is 20.3 Å². The highest BCUT2D eigenvalue weighted by atomic mass is 16.5. The van der Waals surface area contributed by atoms with E-state index in [-0.39, 0.29) is 11.3 Å². The molecule has 0 aliphatic carbocycles. The third kappa shape index (κ3) is 4.13. The molecule has 7 heteroatoms. The second-order valence-corrected chi connectivity index (χ2v) is 6.83. The van der Waals surface area contributed by atoms with Gasteiger partial charge in [0.1, 0.15) is 28.6 Å². The maximum absolute atomic E-state index is 12.7. The van der Waals surface area contributed by atoms with E-state index < -0.39 is 11.6 Å². The minimum atomic E-state index is -0.555. The molecule has 1 heterocycles. The number of carbonyl (C=O) groups excluding carboxylic acids is 1. The molecule has 0 saturated heterocycles. The molecule has 0 N–H and O–H groups in total. The van der Waals surface area contributed by atoms with Gasteiger partial charge in [-0.1, -0.05) is 6.07 Å². The van der Waals surface area contributed by atoms with E-state index in [2.05, 4.69) is 0 Å². The van der Waals surface area contributed by atoms with Crippen LogP contribution in [0.25, 0.3) is 22.1 Å². The number of esters is 1. The maximum atomic E-state index is 12.7. The van der Waals surface area contributed by atoms with E-state index in [0.717, 1.165) is 0 Å². The quantitative estimate of drug-likeness (QED) is 0.248. The van der Waals surface area contributed by atoms with Crippen molar-refractivity contribution >= 4 is 16.9 Å². The molecule has 0 fully saturated rings. The first-order valence-electron chi connectivity index (χ1n) is 9.69. The molecule has 0 atom stereocenters. The Bertz CT molecular complexity index is 1350. The zero-order valence-electron chi connectivity index (χ0n) is 17.7. The molecule has 7 nitrogen and oxygen atoms in total. The molecule has 0 spiro atoms. The Morgan fingerprint density at radius 3 is 2.25 bits per heavy atom. The SMILES string of the molecule is COc1cccc(C(=O)Oc2ccc3cc(-c4cc(OC)ccc4OC)c(=O)oc3c2)c1. The second-order valence-electron chi connectivity index (χ2n) is 6.83. The molecule has 0 aliphatic rings. The minimum absolute atomic E-state index is 0.250. The lowest BCUT2D eigenvalue weighted by Gasteiger charge is -2.11. The Morgan fingerprint density at radius 2 is 1.50 bits per heavy atom. The summed E-state index contributed by atoms with van der Waals surface area (Å²) in [6.07, 6.45) is 0. The average molecular weight is 432 g/mol. The lowest BCUT2D eigenvalue weighted by atomic mass is 10.0. The molecule has 0 aliphatic heterocycles. The number of ether oxygens (including phenoxy) is 4. The third-order valence-corrected chi connectivity index (χ3v) is 4.92. The lowest BCUT2D eigenvalue weighted by molar-refractivity contribution is 0.0734. The monoisotopic (exact) mass is 432 g/mol. The number of benzene rings is 3. The maximum Gasteiger partial charge on any atom is 0.344 e. The molecule has 0 amide bonds. The van der Waals surface area contributed by atoms with Crippen LogP contribution in [0.3, 0.4) is 0 Å². The summed E-state index contributed by atoms with van der Waals surface area (Å²) in [6.45, 7) is 0. The van der Waals surface area contributed by atoms with Crippen LogP contribution < -0.4 is 24.6 Å². The summed E-state index contributed by atoms with van der Waals surface area (Å²) >= 11 is 0. The number of rotatable bonds is 6. The Hall–Kier alpha value is -4.26. The van der Waals surface area contributed by atoms with Crippen LogP contribution in [0.1, 0.15) is 10.4 Å². The van der Waals surface area contributed by atoms with Gasteiger partial charge < -0.3 is 23.4 Å². The van der Waals surface area contributed by atoms with E-state index in [9.17, 15) is 9.59 Å². The molecule has 0 bridgehead atoms. The first-order valence-corrected chi connectivity index (χ1v) is 9.69. The van der Waals surface area contributed by atoms with Gasteiger partial charge in [0.05, 0.1) is 32.5 Å². The average Bonchev–Trinajstić information content (AvgIpc) is 2.83. The zero-order chi connectivity index (χ0) is 22.7. The van der Waals surface area contributed by atoms with Gasteiger partial charge >= 0.3 is 11.6 Å². The van der Waals surface area contributed by atoms with Crippen molar-refractivity contribution in [2.45, 2.75) is 0 Å². The molecule has 32 heavy (non-hydrogen) atoms. The van der Waals surface area contributed by atoms with Gasteiger partial charge in [-0.3, -0.25) is 0 Å². The molecular formula is C25H20O7. The van der Waals surface area contributed by atoms with Crippen LogP contribution in [0.4, 0.5) is 0 Å².